The lowest BCUT2D eigenvalue weighted by atomic mass is 9.83. The number of amides is 1. The van der Waals surface area contributed by atoms with E-state index in [4.69, 9.17) is 9.47 Å². The predicted octanol–water partition coefficient (Wildman–Crippen LogP) is 1.56. The third kappa shape index (κ3) is 4.92. The van der Waals surface area contributed by atoms with Gasteiger partial charge in [-0.25, -0.2) is 22.5 Å². The molecule has 4 heterocycles. The van der Waals surface area contributed by atoms with Crippen LogP contribution in [0.2, 0.25) is 0 Å². The van der Waals surface area contributed by atoms with E-state index in [2.05, 4.69) is 9.71 Å². The fourth-order valence-electron chi connectivity index (χ4n) is 4.83. The van der Waals surface area contributed by atoms with Crippen molar-refractivity contribution in [2.24, 2.45) is 0 Å². The lowest BCUT2D eigenvalue weighted by Gasteiger charge is -2.41. The van der Waals surface area contributed by atoms with Crippen LogP contribution in [-0.4, -0.2) is 68.4 Å². The highest BCUT2D eigenvalue weighted by Crippen LogP contribution is 2.38. The molecule has 0 aromatic carbocycles. The fraction of sp³-hybridized carbons (Fsp3) is 0.700. The lowest BCUT2D eigenvalue weighted by molar-refractivity contribution is -0.140. The summed E-state index contributed by atoms with van der Waals surface area (Å²) in [6.07, 6.45) is 6.84. The summed E-state index contributed by atoms with van der Waals surface area (Å²) in [5.41, 5.74) is 0.701. The summed E-state index contributed by atoms with van der Waals surface area (Å²) in [5, 5.41) is 0. The molecule has 1 aromatic rings. The first-order chi connectivity index (χ1) is 14.3. The van der Waals surface area contributed by atoms with Crippen molar-refractivity contribution in [2.45, 2.75) is 62.6 Å². The van der Waals surface area contributed by atoms with E-state index in [9.17, 15) is 17.6 Å². The Kier molecular flexibility index (Phi) is 6.26. The van der Waals surface area contributed by atoms with Gasteiger partial charge in [0.25, 0.3) is 5.91 Å². The highest BCUT2D eigenvalue weighted by Gasteiger charge is 2.37. The molecule has 1 saturated heterocycles. The van der Waals surface area contributed by atoms with Gasteiger partial charge in [0.2, 0.25) is 15.9 Å². The standard InChI is InChI=1S/C20H28FN3O5S/c1-30(26,27)23-17-3-2-8-24-18(17)11-28-15-6-4-13(5-7-15)16-9-14(21)10-22-20(16)29-12-19(24)25/h9-10,13,15,17-18,23H,2-8,11-12H2,1H3/t13?,15?,17?,18-/m0/s1. The number of halogens is 1. The Morgan fingerprint density at radius 3 is 2.73 bits per heavy atom. The highest BCUT2D eigenvalue weighted by molar-refractivity contribution is 7.88. The zero-order valence-corrected chi connectivity index (χ0v) is 17.9. The smallest absolute Gasteiger partial charge is 0.260 e. The molecule has 8 nitrogen and oxygen atoms in total. The van der Waals surface area contributed by atoms with Gasteiger partial charge >= 0.3 is 0 Å². The van der Waals surface area contributed by atoms with Crippen LogP contribution in [0.5, 0.6) is 5.88 Å². The second-order valence-electron chi connectivity index (χ2n) is 8.44. The molecule has 1 aromatic heterocycles. The molecule has 2 fully saturated rings. The quantitative estimate of drug-likeness (QED) is 0.748. The highest BCUT2D eigenvalue weighted by atomic mass is 32.2. The number of nitrogens with one attached hydrogen (secondary N) is 1. The number of hydrogen-bond acceptors (Lipinski definition) is 6. The van der Waals surface area contributed by atoms with Crippen LogP contribution in [0.25, 0.3) is 0 Å². The van der Waals surface area contributed by atoms with Crippen LogP contribution >= 0.6 is 0 Å². The molecule has 1 amide bonds. The number of carbonyl (C=O) groups excluding carboxylic acids is 1. The van der Waals surface area contributed by atoms with Gasteiger partial charge in [-0.1, -0.05) is 0 Å². The van der Waals surface area contributed by atoms with Crippen molar-refractivity contribution >= 4 is 15.9 Å². The number of ether oxygens (including phenoxy) is 2. The number of aromatic nitrogens is 1. The molecule has 4 aliphatic rings. The summed E-state index contributed by atoms with van der Waals surface area (Å²) in [6.45, 7) is 0.549. The van der Waals surface area contributed by atoms with Crippen LogP contribution in [-0.2, 0) is 19.6 Å². The number of nitrogens with zero attached hydrogens (tertiary/aromatic N) is 2. The summed E-state index contributed by atoms with van der Waals surface area (Å²) in [6, 6.07) is 0.649. The molecular formula is C20H28FN3O5S. The van der Waals surface area contributed by atoms with Crippen molar-refractivity contribution in [1.82, 2.24) is 14.6 Å². The first kappa shape index (κ1) is 21.5. The van der Waals surface area contributed by atoms with Crippen molar-refractivity contribution in [3.05, 3.63) is 23.6 Å². The summed E-state index contributed by atoms with van der Waals surface area (Å²) in [4.78, 5) is 18.7. The molecule has 1 N–H and O–H groups in total. The van der Waals surface area contributed by atoms with Gasteiger partial charge in [0.05, 0.1) is 31.2 Å². The van der Waals surface area contributed by atoms with Crippen LogP contribution < -0.4 is 9.46 Å². The van der Waals surface area contributed by atoms with Gasteiger partial charge in [-0.15, -0.1) is 0 Å². The van der Waals surface area contributed by atoms with Gasteiger partial charge in [-0.05, 0) is 50.5 Å². The predicted molar refractivity (Wildman–Crippen MR) is 107 cm³/mol. The maximum Gasteiger partial charge on any atom is 0.260 e. The van der Waals surface area contributed by atoms with E-state index < -0.39 is 27.9 Å². The van der Waals surface area contributed by atoms with E-state index >= 15 is 0 Å². The Morgan fingerprint density at radius 2 is 2.00 bits per heavy atom. The van der Waals surface area contributed by atoms with Crippen molar-refractivity contribution in [3.63, 3.8) is 0 Å². The van der Waals surface area contributed by atoms with E-state index in [1.54, 1.807) is 4.90 Å². The summed E-state index contributed by atoms with van der Waals surface area (Å²) in [5.74, 6) is -0.265. The third-order valence-corrected chi connectivity index (χ3v) is 6.99. The van der Waals surface area contributed by atoms with E-state index in [-0.39, 0.29) is 31.1 Å². The van der Waals surface area contributed by atoms with Crippen LogP contribution in [0.1, 0.15) is 50.0 Å². The Balaban J connectivity index is 1.62. The average molecular weight is 442 g/mol. The van der Waals surface area contributed by atoms with Crippen LogP contribution in [0.4, 0.5) is 4.39 Å². The number of piperidine rings is 1. The molecule has 1 saturated carbocycles. The molecule has 166 valence electrons. The van der Waals surface area contributed by atoms with Gasteiger partial charge in [-0.2, -0.15) is 0 Å². The van der Waals surface area contributed by atoms with Crippen molar-refractivity contribution in [3.8, 4) is 5.88 Å². The maximum absolute atomic E-state index is 13.8. The lowest BCUT2D eigenvalue weighted by Crippen LogP contribution is -2.59. The van der Waals surface area contributed by atoms with Gasteiger partial charge in [0.15, 0.2) is 6.61 Å². The van der Waals surface area contributed by atoms with Crippen molar-refractivity contribution < 1.29 is 27.1 Å². The minimum absolute atomic E-state index is 0.0330. The number of rotatable bonds is 2. The fourth-order valence-corrected chi connectivity index (χ4v) is 5.65. The molecule has 0 radical (unpaired) electrons. The second kappa shape index (κ2) is 8.76. The first-order valence-corrected chi connectivity index (χ1v) is 12.4. The summed E-state index contributed by atoms with van der Waals surface area (Å²) < 4.78 is 52.1. The number of sulfonamides is 1. The molecule has 1 aliphatic carbocycles. The normalized spacial score (nSPS) is 30.3. The first-order valence-electron chi connectivity index (χ1n) is 10.5. The van der Waals surface area contributed by atoms with Crippen molar-refractivity contribution in [1.29, 1.82) is 0 Å². The zero-order chi connectivity index (χ0) is 21.3. The van der Waals surface area contributed by atoms with Crippen LogP contribution in [0, 0.1) is 5.82 Å². The van der Waals surface area contributed by atoms with Gasteiger partial charge in [-0.3, -0.25) is 4.79 Å². The Bertz CT molecular complexity index is 888. The molecule has 2 atom stereocenters. The monoisotopic (exact) mass is 441 g/mol. The van der Waals surface area contributed by atoms with Crippen molar-refractivity contribution in [2.75, 3.05) is 26.0 Å². The molecule has 5 rings (SSSR count). The Labute approximate surface area is 176 Å². The Hall–Kier alpha value is -1.78. The molecule has 1 unspecified atom stereocenters. The largest absolute Gasteiger partial charge is 0.467 e. The number of carbonyl (C=O) groups is 1. The van der Waals surface area contributed by atoms with Crippen LogP contribution in [0.3, 0.4) is 0 Å². The molecule has 3 aliphatic heterocycles. The minimum atomic E-state index is -3.42. The topological polar surface area (TPSA) is 97.8 Å². The number of hydrogen-bond donors (Lipinski definition) is 1. The molecular weight excluding hydrogens is 413 g/mol. The number of pyridine rings is 1. The summed E-state index contributed by atoms with van der Waals surface area (Å²) in [7, 11) is -3.42. The molecule has 2 bridgehead atoms. The number of fused-ring (bicyclic) bond motifs is 5. The van der Waals surface area contributed by atoms with Gasteiger partial charge in [0, 0.05) is 18.2 Å². The Morgan fingerprint density at radius 1 is 1.23 bits per heavy atom. The van der Waals surface area contributed by atoms with Crippen LogP contribution in [0.15, 0.2) is 12.3 Å². The molecule has 10 heteroatoms. The SMILES string of the molecule is CS(=O)(=O)NC1CCCN2C(=O)COc3ncc(F)cc3C3CCC(CC3)OC[C@@H]12. The minimum Gasteiger partial charge on any atom is -0.467 e. The second-order valence-corrected chi connectivity index (χ2v) is 10.2. The maximum atomic E-state index is 13.8. The van der Waals surface area contributed by atoms with E-state index in [1.165, 1.54) is 6.07 Å². The summed E-state index contributed by atoms with van der Waals surface area (Å²) >= 11 is 0. The van der Waals surface area contributed by atoms with E-state index in [1.807, 2.05) is 0 Å². The average Bonchev–Trinajstić information content (AvgIpc) is 2.71. The van der Waals surface area contributed by atoms with E-state index in [0.29, 0.717) is 30.8 Å². The van der Waals surface area contributed by atoms with E-state index in [0.717, 1.165) is 38.1 Å². The van der Waals surface area contributed by atoms with Gasteiger partial charge < -0.3 is 14.4 Å². The third-order valence-electron chi connectivity index (χ3n) is 6.26. The zero-order valence-electron chi connectivity index (χ0n) is 17.0. The van der Waals surface area contributed by atoms with Gasteiger partial charge in [0.1, 0.15) is 5.82 Å². The molecule has 0 spiro atoms. The molecule has 30 heavy (non-hydrogen) atoms.